The normalized spacial score (nSPS) is 12.9. The molecule has 0 aliphatic carbocycles. The Labute approximate surface area is 188 Å². The van der Waals surface area contributed by atoms with Gasteiger partial charge in [-0.3, -0.25) is 9.69 Å². The van der Waals surface area contributed by atoms with Crippen molar-refractivity contribution in [2.45, 2.75) is 91.1 Å². The number of carboxylic acids is 1. The molecule has 5 nitrogen and oxygen atoms in total. The summed E-state index contributed by atoms with van der Waals surface area (Å²) >= 11 is 0. The van der Waals surface area contributed by atoms with E-state index < -0.39 is 11.9 Å². The first-order valence-corrected chi connectivity index (χ1v) is 11.8. The van der Waals surface area contributed by atoms with Crippen molar-refractivity contribution in [3.8, 4) is 0 Å². The molecule has 0 spiro atoms. The van der Waals surface area contributed by atoms with Crippen LogP contribution >= 0.6 is 0 Å². The summed E-state index contributed by atoms with van der Waals surface area (Å²) in [6.07, 6.45) is 9.74. The van der Waals surface area contributed by atoms with Gasteiger partial charge in [0.25, 0.3) is 0 Å². The van der Waals surface area contributed by atoms with Gasteiger partial charge in [-0.1, -0.05) is 89.6 Å². The van der Waals surface area contributed by atoms with Crippen molar-refractivity contribution in [3.63, 3.8) is 0 Å². The van der Waals surface area contributed by atoms with Crippen molar-refractivity contribution < 1.29 is 19.4 Å². The van der Waals surface area contributed by atoms with Crippen LogP contribution in [0.25, 0.3) is 5.70 Å². The fourth-order valence-electron chi connectivity index (χ4n) is 3.89. The van der Waals surface area contributed by atoms with Gasteiger partial charge in [0.2, 0.25) is 0 Å². The number of hydrogen-bond donors (Lipinski definition) is 1. The summed E-state index contributed by atoms with van der Waals surface area (Å²) in [5, 5.41) is 9.61. The van der Waals surface area contributed by atoms with Crippen LogP contribution in [0.1, 0.15) is 90.5 Å². The van der Waals surface area contributed by atoms with Gasteiger partial charge in [0, 0.05) is 7.11 Å². The molecule has 0 bridgehead atoms. The highest BCUT2D eigenvalue weighted by Crippen LogP contribution is 2.30. The molecule has 1 N–H and O–H groups in total. The lowest BCUT2D eigenvalue weighted by Gasteiger charge is -2.30. The minimum Gasteiger partial charge on any atom is -0.474 e. The Morgan fingerprint density at radius 1 is 0.935 bits per heavy atom. The van der Waals surface area contributed by atoms with Gasteiger partial charge >= 0.3 is 11.9 Å². The first kappa shape index (κ1) is 26.9. The summed E-state index contributed by atoms with van der Waals surface area (Å²) in [7, 11) is 1.63. The predicted octanol–water partition coefficient (Wildman–Crippen LogP) is 6.29. The van der Waals surface area contributed by atoms with Gasteiger partial charge in [-0.15, -0.1) is 0 Å². The van der Waals surface area contributed by atoms with Crippen LogP contribution in [0.5, 0.6) is 0 Å². The molecule has 0 heterocycles. The van der Waals surface area contributed by atoms with Gasteiger partial charge in [-0.05, 0) is 36.8 Å². The highest BCUT2D eigenvalue weighted by Gasteiger charge is 2.29. The van der Waals surface area contributed by atoms with Gasteiger partial charge in [-0.25, -0.2) is 4.79 Å². The highest BCUT2D eigenvalue weighted by atomic mass is 16.5. The number of allylic oxidation sites excluding steroid dienone is 1. The van der Waals surface area contributed by atoms with E-state index in [4.69, 9.17) is 4.74 Å². The number of aliphatic carboxylic acids is 1. The fourth-order valence-corrected chi connectivity index (χ4v) is 3.89. The maximum atomic E-state index is 12.9. The zero-order chi connectivity index (χ0) is 23.1. The Morgan fingerprint density at radius 3 is 2.16 bits per heavy atom. The van der Waals surface area contributed by atoms with Crippen LogP contribution in [0.4, 0.5) is 0 Å². The summed E-state index contributed by atoms with van der Waals surface area (Å²) in [6.45, 7) is 6.66. The molecule has 0 aromatic heterocycles. The lowest BCUT2D eigenvalue weighted by molar-refractivity contribution is -0.154. The first-order valence-electron chi connectivity index (χ1n) is 11.8. The van der Waals surface area contributed by atoms with Crippen LogP contribution in [0, 0.1) is 0 Å². The van der Waals surface area contributed by atoms with E-state index in [2.05, 4.69) is 20.8 Å². The number of benzene rings is 1. The molecule has 5 heteroatoms. The summed E-state index contributed by atoms with van der Waals surface area (Å²) < 4.78 is 5.64. The van der Waals surface area contributed by atoms with E-state index >= 15 is 0 Å². The van der Waals surface area contributed by atoms with Gasteiger partial charge < -0.3 is 9.84 Å². The molecule has 1 atom stereocenters. The van der Waals surface area contributed by atoms with Crippen molar-refractivity contribution in [1.29, 1.82) is 0 Å². The molecule has 174 valence electrons. The molecular weight excluding hydrogens is 390 g/mol. The molecule has 1 aromatic rings. The van der Waals surface area contributed by atoms with Crippen LogP contribution in [-0.4, -0.2) is 41.6 Å². The van der Waals surface area contributed by atoms with E-state index in [0.29, 0.717) is 0 Å². The van der Waals surface area contributed by atoms with Crippen LogP contribution in [0.15, 0.2) is 35.9 Å². The van der Waals surface area contributed by atoms with Gasteiger partial charge in [0.15, 0.2) is 0 Å². The quantitative estimate of drug-likeness (QED) is 0.262. The number of rotatable bonds is 15. The lowest BCUT2D eigenvalue weighted by atomic mass is 9.95. The number of methoxy groups -OCH3 is 1. The topological polar surface area (TPSA) is 66.8 Å². The predicted molar refractivity (Wildman–Crippen MR) is 127 cm³/mol. The van der Waals surface area contributed by atoms with E-state index in [1.54, 1.807) is 7.11 Å². The van der Waals surface area contributed by atoms with E-state index in [-0.39, 0.29) is 12.6 Å². The Morgan fingerprint density at radius 2 is 1.61 bits per heavy atom. The molecule has 0 aliphatic heterocycles. The zero-order valence-electron chi connectivity index (χ0n) is 19.9. The van der Waals surface area contributed by atoms with Crippen molar-refractivity contribution in [2.75, 3.05) is 13.7 Å². The van der Waals surface area contributed by atoms with Crippen molar-refractivity contribution >= 4 is 17.6 Å². The van der Waals surface area contributed by atoms with Gasteiger partial charge in [-0.2, -0.15) is 0 Å². The first-order chi connectivity index (χ1) is 15.0. The van der Waals surface area contributed by atoms with Gasteiger partial charge in [0.1, 0.15) is 0 Å². The third-order valence-electron chi connectivity index (χ3n) is 5.56. The molecule has 0 fully saturated rings. The number of carboxylic acid groups (broad SMARTS) is 1. The molecule has 0 radical (unpaired) electrons. The second-order valence-corrected chi connectivity index (χ2v) is 8.10. The summed E-state index contributed by atoms with van der Waals surface area (Å²) in [5.74, 6) is -2.32. The maximum Gasteiger partial charge on any atom is 0.394 e. The lowest BCUT2D eigenvalue weighted by Crippen LogP contribution is -2.41. The smallest absolute Gasteiger partial charge is 0.394 e. The number of unbranched alkanes of at least 4 members (excludes halogenated alkanes) is 4. The molecule has 0 saturated heterocycles. The minimum atomic E-state index is -1.43. The molecule has 0 aliphatic rings. The Bertz CT molecular complexity index is 684. The number of hydrogen-bond acceptors (Lipinski definition) is 3. The van der Waals surface area contributed by atoms with Crippen molar-refractivity contribution in [2.24, 2.45) is 0 Å². The number of carbonyl (C=O) groups excluding carboxylic acids is 1. The van der Waals surface area contributed by atoms with Crippen LogP contribution in [0.3, 0.4) is 0 Å². The third kappa shape index (κ3) is 9.26. The number of nitrogens with zero attached hydrogens (tertiary/aromatic N) is 1. The number of carbonyl (C=O) groups is 2. The molecule has 0 saturated carbocycles. The van der Waals surface area contributed by atoms with Crippen molar-refractivity contribution in [1.82, 2.24) is 4.90 Å². The fraction of sp³-hybridized carbons (Fsp3) is 0.615. The van der Waals surface area contributed by atoms with Crippen molar-refractivity contribution in [3.05, 3.63) is 41.5 Å². The monoisotopic (exact) mass is 431 g/mol. The average Bonchev–Trinajstić information content (AvgIpc) is 2.78. The van der Waals surface area contributed by atoms with E-state index in [1.165, 1.54) is 11.3 Å². The average molecular weight is 432 g/mol. The molecule has 31 heavy (non-hydrogen) atoms. The molecular formula is C26H41NO4. The second kappa shape index (κ2) is 15.6. The molecule has 1 amide bonds. The zero-order valence-corrected chi connectivity index (χ0v) is 19.9. The third-order valence-corrected chi connectivity index (χ3v) is 5.56. The molecule has 1 unspecified atom stereocenters. The van der Waals surface area contributed by atoms with E-state index in [1.807, 2.05) is 30.3 Å². The molecule has 1 rings (SSSR count). The summed E-state index contributed by atoms with van der Waals surface area (Å²) in [4.78, 5) is 26.2. The van der Waals surface area contributed by atoms with Crippen LogP contribution in [-0.2, 0) is 14.3 Å². The minimum absolute atomic E-state index is 0.204. The van der Waals surface area contributed by atoms with E-state index in [9.17, 15) is 14.7 Å². The number of ether oxygens (including phenoxy) is 1. The Hall–Kier alpha value is -2.14. The molecule has 1 aromatic carbocycles. The van der Waals surface area contributed by atoms with Gasteiger partial charge in [0.05, 0.1) is 18.3 Å². The highest BCUT2D eigenvalue weighted by molar-refractivity contribution is 6.33. The SMILES string of the molecule is CCCCCCC(CCC)=C(c1ccccc1)N(CC(CCCC)OC)C(=O)C(=O)O. The Balaban J connectivity index is 3.47. The van der Waals surface area contributed by atoms with Crippen LogP contribution in [0.2, 0.25) is 0 Å². The largest absolute Gasteiger partial charge is 0.474 e. The summed E-state index contributed by atoms with van der Waals surface area (Å²) in [6, 6.07) is 9.74. The maximum absolute atomic E-state index is 12.9. The van der Waals surface area contributed by atoms with E-state index in [0.717, 1.165) is 74.6 Å². The second-order valence-electron chi connectivity index (χ2n) is 8.10. The Kier molecular flexibility index (Phi) is 13.6. The standard InChI is InChI=1S/C26H41NO4/c1-5-8-10-12-16-21(15-7-3)24(22-17-13-11-14-18-22)27(25(28)26(29)30)20-23(31-4)19-9-6-2/h11,13-14,17-18,23H,5-10,12,15-16,19-20H2,1-4H3,(H,29,30). The number of amides is 1. The summed E-state index contributed by atoms with van der Waals surface area (Å²) in [5.41, 5.74) is 2.80. The van der Waals surface area contributed by atoms with Crippen LogP contribution < -0.4 is 0 Å².